The number of esters is 1. The molecule has 0 N–H and O–H groups in total. The summed E-state index contributed by atoms with van der Waals surface area (Å²) in [5.41, 5.74) is 2.81. The van der Waals surface area contributed by atoms with Crippen molar-refractivity contribution in [2.24, 2.45) is 0 Å². The summed E-state index contributed by atoms with van der Waals surface area (Å²) in [4.78, 5) is 15.5. The molecule has 0 unspecified atom stereocenters. The number of hydrogen-bond donors (Lipinski definition) is 0. The Morgan fingerprint density at radius 3 is 2.86 bits per heavy atom. The third-order valence-electron chi connectivity index (χ3n) is 3.01. The second-order valence-electron chi connectivity index (χ2n) is 4.62. The third kappa shape index (κ3) is 4.64. The summed E-state index contributed by atoms with van der Waals surface area (Å²) in [6.07, 6.45) is 3.58. The molecule has 0 amide bonds. The number of imidazole rings is 1. The number of ether oxygens (including phenoxy) is 1. The van der Waals surface area contributed by atoms with E-state index in [4.69, 9.17) is 10.00 Å². The van der Waals surface area contributed by atoms with Crippen LogP contribution in [-0.4, -0.2) is 27.9 Å². The van der Waals surface area contributed by atoms with E-state index in [9.17, 15) is 4.79 Å². The van der Waals surface area contributed by atoms with Gasteiger partial charge in [0.25, 0.3) is 0 Å². The van der Waals surface area contributed by atoms with Gasteiger partial charge in [-0.3, -0.25) is 4.79 Å². The fourth-order valence-corrected chi connectivity index (χ4v) is 2.74. The lowest BCUT2D eigenvalue weighted by atomic mass is 10.1. The van der Waals surface area contributed by atoms with Gasteiger partial charge in [-0.25, -0.2) is 4.98 Å². The van der Waals surface area contributed by atoms with E-state index < -0.39 is 0 Å². The lowest BCUT2D eigenvalue weighted by Gasteiger charge is -2.08. The van der Waals surface area contributed by atoms with Crippen LogP contribution in [0.2, 0.25) is 0 Å². The molecular formula is C16H17N3O2S. The predicted octanol–water partition coefficient (Wildman–Crippen LogP) is 2.60. The minimum Gasteiger partial charge on any atom is -0.465 e. The molecule has 0 spiro atoms. The van der Waals surface area contributed by atoms with Crippen LogP contribution in [-0.2, 0) is 21.8 Å². The third-order valence-corrected chi connectivity index (χ3v) is 3.95. The minimum absolute atomic E-state index is 0.189. The van der Waals surface area contributed by atoms with E-state index in [-0.39, 0.29) is 5.97 Å². The van der Waals surface area contributed by atoms with Gasteiger partial charge in [-0.2, -0.15) is 5.26 Å². The molecule has 22 heavy (non-hydrogen) atoms. The largest absolute Gasteiger partial charge is 0.465 e. The Bertz CT molecular complexity index is 659. The predicted molar refractivity (Wildman–Crippen MR) is 85.3 cm³/mol. The number of rotatable bonds is 7. The van der Waals surface area contributed by atoms with Crippen LogP contribution in [0.25, 0.3) is 0 Å². The Labute approximate surface area is 133 Å². The Morgan fingerprint density at radius 2 is 2.18 bits per heavy atom. The topological polar surface area (TPSA) is 67.9 Å². The zero-order chi connectivity index (χ0) is 15.8. The molecular weight excluding hydrogens is 298 g/mol. The van der Waals surface area contributed by atoms with Crippen LogP contribution in [0.5, 0.6) is 0 Å². The van der Waals surface area contributed by atoms with Crippen LogP contribution in [0.4, 0.5) is 0 Å². The van der Waals surface area contributed by atoms with E-state index in [0.717, 1.165) is 11.3 Å². The summed E-state index contributed by atoms with van der Waals surface area (Å²) in [6.45, 7) is 2.91. The molecule has 6 heteroatoms. The highest BCUT2D eigenvalue weighted by Crippen LogP contribution is 2.14. The van der Waals surface area contributed by atoms with Crippen molar-refractivity contribution in [1.82, 2.24) is 9.55 Å². The fraction of sp³-hybridized carbons (Fsp3) is 0.312. The number of nitriles is 1. The van der Waals surface area contributed by atoms with Gasteiger partial charge in [-0.05, 0) is 24.6 Å². The van der Waals surface area contributed by atoms with Crippen molar-refractivity contribution in [3.63, 3.8) is 0 Å². The van der Waals surface area contributed by atoms with E-state index >= 15 is 0 Å². The van der Waals surface area contributed by atoms with Crippen LogP contribution in [0, 0.1) is 11.3 Å². The van der Waals surface area contributed by atoms with Gasteiger partial charge in [0.1, 0.15) is 0 Å². The van der Waals surface area contributed by atoms with Gasteiger partial charge in [-0.15, -0.1) is 11.8 Å². The summed E-state index contributed by atoms with van der Waals surface area (Å²) in [5.74, 6) is 0.857. The first kappa shape index (κ1) is 16.1. The van der Waals surface area contributed by atoms with E-state index in [0.29, 0.717) is 30.2 Å². The lowest BCUT2D eigenvalue weighted by molar-refractivity contribution is -0.139. The maximum Gasteiger partial charge on any atom is 0.315 e. The van der Waals surface area contributed by atoms with Crippen molar-refractivity contribution in [2.45, 2.75) is 19.2 Å². The Morgan fingerprint density at radius 1 is 1.41 bits per heavy atom. The first-order chi connectivity index (χ1) is 10.7. The molecule has 0 saturated carbocycles. The van der Waals surface area contributed by atoms with Crippen LogP contribution in [0.1, 0.15) is 23.7 Å². The Hall–Kier alpha value is -2.26. The molecule has 2 aromatic rings. The number of aromatic nitrogens is 2. The van der Waals surface area contributed by atoms with Crippen molar-refractivity contribution in [1.29, 1.82) is 5.26 Å². The van der Waals surface area contributed by atoms with Crippen molar-refractivity contribution in [2.75, 3.05) is 12.4 Å². The molecule has 0 radical (unpaired) electrons. The molecule has 1 heterocycles. The molecule has 0 aliphatic rings. The molecule has 0 aliphatic heterocycles. The zero-order valence-electron chi connectivity index (χ0n) is 12.4. The number of carbonyl (C=O) groups is 1. The summed E-state index contributed by atoms with van der Waals surface area (Å²) in [5, 5.41) is 8.80. The number of carbonyl (C=O) groups excluding carboxylic acids is 1. The Kier molecular flexibility index (Phi) is 6.04. The minimum atomic E-state index is -0.189. The molecule has 0 saturated heterocycles. The average Bonchev–Trinajstić information content (AvgIpc) is 2.95. The van der Waals surface area contributed by atoms with Crippen LogP contribution in [0.15, 0.2) is 36.8 Å². The molecule has 1 aromatic heterocycles. The van der Waals surface area contributed by atoms with Gasteiger partial charge in [0.05, 0.1) is 30.3 Å². The van der Waals surface area contributed by atoms with Gasteiger partial charge in [0, 0.05) is 24.2 Å². The number of hydrogen-bond acceptors (Lipinski definition) is 5. The van der Waals surface area contributed by atoms with Crippen molar-refractivity contribution in [3.8, 4) is 6.07 Å². The monoisotopic (exact) mass is 315 g/mol. The number of nitrogens with zero attached hydrogens (tertiary/aromatic N) is 3. The highest BCUT2D eigenvalue weighted by Gasteiger charge is 2.06. The SMILES string of the molecule is CCOC(=O)CSCc1cncn1Cc1ccc(C#N)cc1. The number of thioether (sulfide) groups is 1. The van der Waals surface area contributed by atoms with Gasteiger partial charge < -0.3 is 9.30 Å². The van der Waals surface area contributed by atoms with E-state index in [1.54, 1.807) is 25.4 Å². The average molecular weight is 315 g/mol. The van der Waals surface area contributed by atoms with Gasteiger partial charge >= 0.3 is 5.97 Å². The second-order valence-corrected chi connectivity index (χ2v) is 5.61. The molecule has 1 aromatic carbocycles. The van der Waals surface area contributed by atoms with Gasteiger partial charge in [0.2, 0.25) is 0 Å². The Balaban J connectivity index is 1.91. The molecule has 0 atom stereocenters. The number of benzene rings is 1. The van der Waals surface area contributed by atoms with Crippen LogP contribution in [0.3, 0.4) is 0 Å². The molecule has 5 nitrogen and oxygen atoms in total. The normalized spacial score (nSPS) is 10.2. The highest BCUT2D eigenvalue weighted by atomic mass is 32.2. The maximum atomic E-state index is 11.3. The molecule has 0 bridgehead atoms. The zero-order valence-corrected chi connectivity index (χ0v) is 13.2. The molecule has 2 rings (SSSR count). The van der Waals surface area contributed by atoms with Crippen molar-refractivity contribution < 1.29 is 9.53 Å². The van der Waals surface area contributed by atoms with E-state index in [1.807, 2.05) is 22.9 Å². The quantitative estimate of drug-likeness (QED) is 0.735. The molecule has 114 valence electrons. The smallest absolute Gasteiger partial charge is 0.315 e. The fourth-order valence-electron chi connectivity index (χ4n) is 1.93. The summed E-state index contributed by atoms with van der Waals surface area (Å²) in [6, 6.07) is 9.60. The van der Waals surface area contributed by atoms with Crippen LogP contribution >= 0.6 is 11.8 Å². The first-order valence-electron chi connectivity index (χ1n) is 6.94. The van der Waals surface area contributed by atoms with Crippen molar-refractivity contribution in [3.05, 3.63) is 53.6 Å². The summed E-state index contributed by atoms with van der Waals surface area (Å²) < 4.78 is 6.94. The lowest BCUT2D eigenvalue weighted by Crippen LogP contribution is -2.08. The molecule has 0 fully saturated rings. The summed E-state index contributed by atoms with van der Waals surface area (Å²) >= 11 is 1.51. The van der Waals surface area contributed by atoms with Gasteiger partial charge in [-0.1, -0.05) is 12.1 Å². The highest BCUT2D eigenvalue weighted by molar-refractivity contribution is 7.99. The van der Waals surface area contributed by atoms with Gasteiger partial charge in [0.15, 0.2) is 0 Å². The standard InChI is InChI=1S/C16H17N3O2S/c1-2-21-16(20)11-22-10-15-8-18-12-19(15)9-14-5-3-13(7-17)4-6-14/h3-6,8,12H,2,9-11H2,1H3. The summed E-state index contributed by atoms with van der Waals surface area (Å²) in [7, 11) is 0. The van der Waals surface area contributed by atoms with Crippen LogP contribution < -0.4 is 0 Å². The molecule has 0 aliphatic carbocycles. The maximum absolute atomic E-state index is 11.3. The van der Waals surface area contributed by atoms with E-state index in [2.05, 4.69) is 11.1 Å². The first-order valence-corrected chi connectivity index (χ1v) is 8.09. The van der Waals surface area contributed by atoms with E-state index in [1.165, 1.54) is 11.8 Å². The van der Waals surface area contributed by atoms with Crippen molar-refractivity contribution >= 4 is 17.7 Å². The second kappa shape index (κ2) is 8.25.